The van der Waals surface area contributed by atoms with Gasteiger partial charge >= 0.3 is 0 Å². The number of hydrogen-bond donors (Lipinski definition) is 0. The molecule has 1 spiro atoms. The Kier molecular flexibility index (Phi) is 5.28. The molecule has 0 unspecified atom stereocenters. The zero-order valence-electron chi connectivity index (χ0n) is 14.0. The Hall–Kier alpha value is -1.46. The molecule has 2 aliphatic heterocycles. The molecular weight excluding hydrogens is 290 g/mol. The lowest BCUT2D eigenvalue weighted by Crippen LogP contribution is -2.51. The van der Waals surface area contributed by atoms with Crippen molar-refractivity contribution in [2.24, 2.45) is 5.41 Å². The number of methoxy groups -OCH3 is 1. The van der Waals surface area contributed by atoms with Crippen molar-refractivity contribution in [2.45, 2.75) is 25.7 Å². The molecule has 1 aromatic rings. The second-order valence-electron chi connectivity index (χ2n) is 6.91. The first-order valence-electron chi connectivity index (χ1n) is 8.63. The Bertz CT molecular complexity index is 512. The molecule has 23 heavy (non-hydrogen) atoms. The minimum atomic E-state index is 0.138. The molecule has 0 aliphatic carbocycles. The van der Waals surface area contributed by atoms with Gasteiger partial charge in [0.1, 0.15) is 0 Å². The first kappa shape index (κ1) is 16.4. The van der Waals surface area contributed by atoms with Crippen LogP contribution in [0.4, 0.5) is 0 Å². The molecule has 0 saturated carbocycles. The molecule has 0 aromatic carbocycles. The van der Waals surface area contributed by atoms with Crippen LogP contribution in [0.5, 0.6) is 0 Å². The fourth-order valence-corrected chi connectivity index (χ4v) is 3.93. The maximum atomic E-state index is 12.7. The van der Waals surface area contributed by atoms with Crippen molar-refractivity contribution in [3.63, 3.8) is 0 Å². The Labute approximate surface area is 138 Å². The lowest BCUT2D eigenvalue weighted by molar-refractivity contribution is 0.0165. The third-order valence-electron chi connectivity index (χ3n) is 5.39. The Morgan fingerprint density at radius 3 is 2.83 bits per heavy atom. The van der Waals surface area contributed by atoms with Crippen LogP contribution < -0.4 is 0 Å². The largest absolute Gasteiger partial charge is 0.383 e. The van der Waals surface area contributed by atoms with Crippen molar-refractivity contribution in [3.05, 3.63) is 30.1 Å². The molecule has 3 heterocycles. The second-order valence-corrected chi connectivity index (χ2v) is 6.91. The van der Waals surface area contributed by atoms with Crippen LogP contribution in [0.3, 0.4) is 0 Å². The van der Waals surface area contributed by atoms with Crippen LogP contribution in [0.1, 0.15) is 36.0 Å². The van der Waals surface area contributed by atoms with Crippen molar-refractivity contribution >= 4 is 5.91 Å². The van der Waals surface area contributed by atoms with Crippen molar-refractivity contribution in [3.8, 4) is 0 Å². The predicted molar refractivity (Wildman–Crippen MR) is 89.4 cm³/mol. The molecule has 5 heteroatoms. The number of ether oxygens (including phenoxy) is 1. The zero-order valence-corrected chi connectivity index (χ0v) is 14.0. The van der Waals surface area contributed by atoms with Gasteiger partial charge in [0.2, 0.25) is 0 Å². The quantitative estimate of drug-likeness (QED) is 0.852. The monoisotopic (exact) mass is 317 g/mol. The first-order chi connectivity index (χ1) is 11.2. The van der Waals surface area contributed by atoms with Crippen molar-refractivity contribution in [1.82, 2.24) is 14.8 Å². The van der Waals surface area contributed by atoms with Crippen LogP contribution in [0.25, 0.3) is 0 Å². The highest BCUT2D eigenvalue weighted by Crippen LogP contribution is 2.40. The molecular formula is C18H27N3O2. The van der Waals surface area contributed by atoms with Crippen LogP contribution >= 0.6 is 0 Å². The van der Waals surface area contributed by atoms with Gasteiger partial charge in [0.05, 0.1) is 12.2 Å². The van der Waals surface area contributed by atoms with Crippen LogP contribution in [-0.2, 0) is 4.74 Å². The van der Waals surface area contributed by atoms with Gasteiger partial charge in [-0.1, -0.05) is 0 Å². The number of piperidine rings is 2. The van der Waals surface area contributed by atoms with E-state index in [1.165, 1.54) is 19.3 Å². The average molecular weight is 317 g/mol. The lowest BCUT2D eigenvalue weighted by atomic mass is 9.72. The van der Waals surface area contributed by atoms with Gasteiger partial charge in [-0.25, -0.2) is 0 Å². The summed E-state index contributed by atoms with van der Waals surface area (Å²) in [7, 11) is 1.76. The molecule has 0 bridgehead atoms. The topological polar surface area (TPSA) is 45.7 Å². The minimum Gasteiger partial charge on any atom is -0.383 e. The van der Waals surface area contributed by atoms with Gasteiger partial charge in [0, 0.05) is 39.1 Å². The van der Waals surface area contributed by atoms with Crippen LogP contribution in [-0.4, -0.2) is 67.1 Å². The van der Waals surface area contributed by atoms with Crippen molar-refractivity contribution in [2.75, 3.05) is 46.4 Å². The van der Waals surface area contributed by atoms with E-state index in [0.717, 1.165) is 45.8 Å². The molecule has 3 rings (SSSR count). The fourth-order valence-electron chi connectivity index (χ4n) is 3.93. The van der Waals surface area contributed by atoms with Crippen LogP contribution in [0.15, 0.2) is 24.5 Å². The Morgan fingerprint density at radius 1 is 1.30 bits per heavy atom. The number of aromatic nitrogens is 1. The number of amides is 1. The zero-order chi connectivity index (χ0) is 16.1. The van der Waals surface area contributed by atoms with Gasteiger partial charge in [-0.2, -0.15) is 0 Å². The third kappa shape index (κ3) is 3.90. The van der Waals surface area contributed by atoms with E-state index >= 15 is 0 Å². The smallest absolute Gasteiger partial charge is 0.255 e. The summed E-state index contributed by atoms with van der Waals surface area (Å²) in [5.74, 6) is 0.138. The molecule has 0 atom stereocenters. The van der Waals surface area contributed by atoms with E-state index < -0.39 is 0 Å². The fraction of sp³-hybridized carbons (Fsp3) is 0.667. The highest BCUT2D eigenvalue weighted by atomic mass is 16.5. The molecule has 5 nitrogen and oxygen atoms in total. The van der Waals surface area contributed by atoms with Crippen molar-refractivity contribution < 1.29 is 9.53 Å². The maximum absolute atomic E-state index is 12.7. The van der Waals surface area contributed by atoms with Gasteiger partial charge < -0.3 is 14.5 Å². The van der Waals surface area contributed by atoms with E-state index in [2.05, 4.69) is 9.88 Å². The lowest BCUT2D eigenvalue weighted by Gasteiger charge is -2.47. The SMILES string of the molecule is COCCN1CCC2(CCCN(C(=O)c3cccnc3)C2)CC1. The van der Waals surface area contributed by atoms with E-state index in [9.17, 15) is 4.79 Å². The molecule has 1 aromatic heterocycles. The van der Waals surface area contributed by atoms with Gasteiger partial charge in [0.15, 0.2) is 0 Å². The van der Waals surface area contributed by atoms with E-state index in [1.54, 1.807) is 19.5 Å². The first-order valence-corrected chi connectivity index (χ1v) is 8.63. The average Bonchev–Trinajstić information content (AvgIpc) is 2.62. The summed E-state index contributed by atoms with van der Waals surface area (Å²) in [6.45, 7) is 5.85. The van der Waals surface area contributed by atoms with Crippen molar-refractivity contribution in [1.29, 1.82) is 0 Å². The van der Waals surface area contributed by atoms with E-state index in [-0.39, 0.29) is 5.91 Å². The second kappa shape index (κ2) is 7.41. The molecule has 126 valence electrons. The summed E-state index contributed by atoms with van der Waals surface area (Å²) < 4.78 is 5.18. The number of carbonyl (C=O) groups excluding carboxylic acids is 1. The molecule has 0 N–H and O–H groups in total. The summed E-state index contributed by atoms with van der Waals surface area (Å²) in [6, 6.07) is 3.70. The third-order valence-corrected chi connectivity index (χ3v) is 5.39. The van der Waals surface area contributed by atoms with Crippen LogP contribution in [0.2, 0.25) is 0 Å². The summed E-state index contributed by atoms with van der Waals surface area (Å²) in [4.78, 5) is 21.3. The number of nitrogens with zero attached hydrogens (tertiary/aromatic N) is 3. The maximum Gasteiger partial charge on any atom is 0.255 e. The predicted octanol–water partition coefficient (Wildman–Crippen LogP) is 2.05. The summed E-state index contributed by atoms with van der Waals surface area (Å²) >= 11 is 0. The van der Waals surface area contributed by atoms with E-state index in [0.29, 0.717) is 11.0 Å². The molecule has 1 amide bonds. The molecule has 2 fully saturated rings. The molecule has 2 aliphatic rings. The summed E-state index contributed by atoms with van der Waals surface area (Å²) in [6.07, 6.45) is 8.13. The summed E-state index contributed by atoms with van der Waals surface area (Å²) in [5.41, 5.74) is 1.03. The van der Waals surface area contributed by atoms with Gasteiger partial charge in [-0.05, 0) is 56.3 Å². The van der Waals surface area contributed by atoms with Gasteiger partial charge in [-0.3, -0.25) is 9.78 Å². The Morgan fingerprint density at radius 2 is 2.13 bits per heavy atom. The van der Waals surface area contributed by atoms with E-state index in [4.69, 9.17) is 4.74 Å². The number of hydrogen-bond acceptors (Lipinski definition) is 4. The highest BCUT2D eigenvalue weighted by molar-refractivity contribution is 5.93. The Balaban J connectivity index is 1.59. The number of likely N-dealkylation sites (tertiary alicyclic amines) is 2. The normalized spacial score (nSPS) is 21.5. The van der Waals surface area contributed by atoms with E-state index in [1.807, 2.05) is 17.0 Å². The minimum absolute atomic E-state index is 0.138. The standard InChI is InChI=1S/C18H27N3O2/c1-23-13-12-20-10-6-18(7-11-20)5-3-9-21(15-18)17(22)16-4-2-8-19-14-16/h2,4,8,14H,3,5-7,9-13,15H2,1H3. The molecule has 0 radical (unpaired) electrons. The van der Waals surface area contributed by atoms with Gasteiger partial charge in [0.25, 0.3) is 5.91 Å². The number of carbonyl (C=O) groups is 1. The van der Waals surface area contributed by atoms with Crippen LogP contribution in [0, 0.1) is 5.41 Å². The highest BCUT2D eigenvalue weighted by Gasteiger charge is 2.39. The number of rotatable bonds is 4. The summed E-state index contributed by atoms with van der Waals surface area (Å²) in [5, 5.41) is 0. The molecule has 2 saturated heterocycles. The van der Waals surface area contributed by atoms with Gasteiger partial charge in [-0.15, -0.1) is 0 Å². The number of pyridine rings is 1.